The molecular weight excluding hydrogens is 428 g/mol. The lowest BCUT2D eigenvalue weighted by Crippen LogP contribution is -2.60. The predicted molar refractivity (Wildman–Crippen MR) is 125 cm³/mol. The number of hydrogen-bond donors (Lipinski definition) is 2. The van der Waals surface area contributed by atoms with Crippen LogP contribution in [-0.4, -0.2) is 79.1 Å². The molecule has 3 fully saturated rings. The fraction of sp³-hybridized carbons (Fsp3) is 0.792. The molecule has 3 heterocycles. The van der Waals surface area contributed by atoms with Crippen LogP contribution in [0.5, 0.6) is 0 Å². The number of rotatable bonds is 10. The van der Waals surface area contributed by atoms with E-state index in [2.05, 4.69) is 13.5 Å². The van der Waals surface area contributed by atoms with Gasteiger partial charge in [0.2, 0.25) is 11.8 Å². The van der Waals surface area contributed by atoms with Crippen LogP contribution in [0.3, 0.4) is 0 Å². The minimum absolute atomic E-state index is 0.0842. The summed E-state index contributed by atoms with van der Waals surface area (Å²) >= 11 is 1.58. The molecule has 2 N–H and O–H groups in total. The highest BCUT2D eigenvalue weighted by Crippen LogP contribution is 2.68. The second kappa shape index (κ2) is 9.37. The quantitative estimate of drug-likeness (QED) is 0.380. The maximum atomic E-state index is 14.1. The molecule has 0 aliphatic carbocycles. The van der Waals surface area contributed by atoms with Gasteiger partial charge in [-0.3, -0.25) is 14.4 Å². The van der Waals surface area contributed by atoms with Gasteiger partial charge in [0.15, 0.2) is 0 Å². The minimum atomic E-state index is -0.926. The molecule has 6 atom stereocenters. The number of carbonyl (C=O) groups excluding carboxylic acids is 2. The van der Waals surface area contributed by atoms with Crippen molar-refractivity contribution in [1.82, 2.24) is 9.80 Å². The van der Waals surface area contributed by atoms with Gasteiger partial charge in [0.1, 0.15) is 6.04 Å². The van der Waals surface area contributed by atoms with Crippen molar-refractivity contribution in [3.8, 4) is 0 Å². The van der Waals surface area contributed by atoms with Crippen molar-refractivity contribution in [3.05, 3.63) is 12.7 Å². The van der Waals surface area contributed by atoms with Gasteiger partial charge in [-0.25, -0.2) is 0 Å². The van der Waals surface area contributed by atoms with Crippen LogP contribution >= 0.6 is 11.8 Å². The standard InChI is InChI=1S/C24H38N2O5S/c1-6-11-26(23(3,4)5)21(29)19-24-15(2)14-16(32-24)17(22(30)31)18(24)20(28)25(19)12-9-7-8-10-13-27/h6,15-19,27H,1,7-14H2,2-5H3,(H,30,31)/t15?,16-,17+,18+,19?,24?/m1/s1. The third-order valence-corrected chi connectivity index (χ3v) is 9.54. The molecule has 2 amide bonds. The Morgan fingerprint density at radius 2 is 1.94 bits per heavy atom. The van der Waals surface area contributed by atoms with E-state index in [1.807, 2.05) is 20.8 Å². The van der Waals surface area contributed by atoms with E-state index in [9.17, 15) is 19.5 Å². The first-order valence-electron chi connectivity index (χ1n) is 11.8. The number of likely N-dealkylation sites (tertiary alicyclic amines) is 1. The number of fused-ring (bicyclic) bond motifs is 1. The molecule has 3 rings (SSSR count). The highest BCUT2D eigenvalue weighted by Gasteiger charge is 2.76. The Hall–Kier alpha value is -1.54. The number of carbonyl (C=O) groups is 3. The molecule has 0 aromatic heterocycles. The molecule has 180 valence electrons. The fourth-order valence-corrected chi connectivity index (χ4v) is 8.45. The molecule has 0 saturated carbocycles. The number of hydrogen-bond acceptors (Lipinski definition) is 5. The van der Waals surface area contributed by atoms with Crippen molar-refractivity contribution in [2.75, 3.05) is 19.7 Å². The van der Waals surface area contributed by atoms with Gasteiger partial charge in [-0.15, -0.1) is 18.3 Å². The molecule has 8 heteroatoms. The van der Waals surface area contributed by atoms with E-state index in [0.717, 1.165) is 32.1 Å². The number of aliphatic hydroxyl groups excluding tert-OH is 1. The average molecular weight is 467 g/mol. The number of nitrogens with zero attached hydrogens (tertiary/aromatic N) is 2. The number of thioether (sulfide) groups is 1. The van der Waals surface area contributed by atoms with Crippen LogP contribution in [-0.2, 0) is 14.4 Å². The summed E-state index contributed by atoms with van der Waals surface area (Å²) in [5.74, 6) is -2.51. The predicted octanol–water partition coefficient (Wildman–Crippen LogP) is 2.77. The Balaban J connectivity index is 2.00. The molecule has 2 bridgehead atoms. The number of aliphatic hydroxyl groups is 1. The maximum Gasteiger partial charge on any atom is 0.308 e. The average Bonchev–Trinajstić information content (AvgIpc) is 3.28. The van der Waals surface area contributed by atoms with Crippen LogP contribution < -0.4 is 0 Å². The normalized spacial score (nSPS) is 33.5. The van der Waals surface area contributed by atoms with E-state index in [0.29, 0.717) is 13.1 Å². The van der Waals surface area contributed by atoms with E-state index in [1.54, 1.807) is 27.6 Å². The molecule has 7 nitrogen and oxygen atoms in total. The molecule has 0 aromatic rings. The smallest absolute Gasteiger partial charge is 0.308 e. The van der Waals surface area contributed by atoms with Crippen molar-refractivity contribution >= 4 is 29.5 Å². The topological polar surface area (TPSA) is 98.2 Å². The Labute approximate surface area is 195 Å². The first-order valence-corrected chi connectivity index (χ1v) is 12.6. The second-order valence-electron chi connectivity index (χ2n) is 10.5. The van der Waals surface area contributed by atoms with Crippen LogP contribution in [0, 0.1) is 17.8 Å². The molecule has 3 unspecified atom stereocenters. The van der Waals surface area contributed by atoms with Gasteiger partial charge < -0.3 is 20.0 Å². The van der Waals surface area contributed by atoms with Gasteiger partial charge in [0.25, 0.3) is 0 Å². The van der Waals surface area contributed by atoms with Crippen molar-refractivity contribution in [2.45, 2.75) is 81.4 Å². The van der Waals surface area contributed by atoms with Gasteiger partial charge in [-0.1, -0.05) is 25.8 Å². The van der Waals surface area contributed by atoms with Gasteiger partial charge in [-0.2, -0.15) is 0 Å². The molecule has 32 heavy (non-hydrogen) atoms. The fourth-order valence-electron chi connectivity index (χ4n) is 6.04. The van der Waals surface area contributed by atoms with Crippen LogP contribution in [0.4, 0.5) is 0 Å². The molecule has 3 aliphatic rings. The molecule has 0 aromatic carbocycles. The Morgan fingerprint density at radius 3 is 2.50 bits per heavy atom. The van der Waals surface area contributed by atoms with E-state index in [4.69, 9.17) is 5.11 Å². The summed E-state index contributed by atoms with van der Waals surface area (Å²) in [6, 6.07) is -0.661. The zero-order chi connectivity index (χ0) is 23.8. The highest BCUT2D eigenvalue weighted by atomic mass is 32.2. The first kappa shape index (κ1) is 25.1. The molecule has 0 radical (unpaired) electrons. The first-order chi connectivity index (χ1) is 15.0. The lowest BCUT2D eigenvalue weighted by Gasteiger charge is -2.44. The van der Waals surface area contributed by atoms with E-state index >= 15 is 0 Å². The minimum Gasteiger partial charge on any atom is -0.481 e. The van der Waals surface area contributed by atoms with Gasteiger partial charge >= 0.3 is 5.97 Å². The summed E-state index contributed by atoms with van der Waals surface area (Å²) in [6.45, 7) is 12.8. The SMILES string of the molecule is C=CCN(C(=O)C1N(CCCCCCO)C(=O)[C@@H]2[C@@H](C(=O)O)[C@H]3CC(C)C12S3)C(C)(C)C. The summed E-state index contributed by atoms with van der Waals surface area (Å²) in [4.78, 5) is 43.5. The van der Waals surface area contributed by atoms with Gasteiger partial charge in [-0.05, 0) is 46.0 Å². The van der Waals surface area contributed by atoms with Crippen LogP contribution in [0.1, 0.15) is 59.8 Å². The summed E-state index contributed by atoms with van der Waals surface area (Å²) in [5.41, 5.74) is -0.452. The van der Waals surface area contributed by atoms with Crippen LogP contribution in [0.25, 0.3) is 0 Å². The lowest BCUT2D eigenvalue weighted by atomic mass is 9.66. The van der Waals surface area contributed by atoms with E-state index in [1.165, 1.54) is 0 Å². The number of aliphatic carboxylic acids is 1. The van der Waals surface area contributed by atoms with Crippen LogP contribution in [0.2, 0.25) is 0 Å². The van der Waals surface area contributed by atoms with E-state index < -0.39 is 34.1 Å². The summed E-state index contributed by atoms with van der Waals surface area (Å²) < 4.78 is -0.697. The van der Waals surface area contributed by atoms with E-state index in [-0.39, 0.29) is 29.6 Å². The third kappa shape index (κ3) is 3.98. The summed E-state index contributed by atoms with van der Waals surface area (Å²) in [5, 5.41) is 18.9. The van der Waals surface area contributed by atoms with Gasteiger partial charge in [0, 0.05) is 30.5 Å². The summed E-state index contributed by atoms with van der Waals surface area (Å²) in [7, 11) is 0. The maximum absolute atomic E-state index is 14.1. The zero-order valence-electron chi connectivity index (χ0n) is 19.7. The number of unbranched alkanes of at least 4 members (excludes halogenated alkanes) is 3. The van der Waals surface area contributed by atoms with Crippen LogP contribution in [0.15, 0.2) is 12.7 Å². The molecule has 1 spiro atoms. The molecule has 3 aliphatic heterocycles. The molecule has 3 saturated heterocycles. The van der Waals surface area contributed by atoms with Gasteiger partial charge in [0.05, 0.1) is 16.6 Å². The Bertz CT molecular complexity index is 766. The lowest BCUT2D eigenvalue weighted by molar-refractivity contribution is -0.149. The Kier molecular flexibility index (Phi) is 7.35. The third-order valence-electron chi connectivity index (χ3n) is 7.46. The number of carboxylic acid groups (broad SMARTS) is 1. The Morgan fingerprint density at radius 1 is 1.28 bits per heavy atom. The number of carboxylic acids is 1. The highest BCUT2D eigenvalue weighted by molar-refractivity contribution is 8.02. The van der Waals surface area contributed by atoms with Crippen molar-refractivity contribution < 1.29 is 24.6 Å². The second-order valence-corrected chi connectivity index (χ2v) is 12.0. The van der Waals surface area contributed by atoms with Crippen molar-refractivity contribution in [2.24, 2.45) is 17.8 Å². The number of amides is 2. The largest absolute Gasteiger partial charge is 0.481 e. The molecular formula is C24H38N2O5S. The monoisotopic (exact) mass is 466 g/mol. The summed E-state index contributed by atoms with van der Waals surface area (Å²) in [6.07, 6.45) is 5.59. The zero-order valence-corrected chi connectivity index (χ0v) is 20.6. The van der Waals surface area contributed by atoms with Crippen molar-refractivity contribution in [1.29, 1.82) is 0 Å². The van der Waals surface area contributed by atoms with Crippen molar-refractivity contribution in [3.63, 3.8) is 0 Å².